The normalized spacial score (nSPS) is 11.6. The van der Waals surface area contributed by atoms with Crippen molar-refractivity contribution in [3.05, 3.63) is 78.9 Å². The highest BCUT2D eigenvalue weighted by atomic mass is 32.2. The van der Waals surface area contributed by atoms with Gasteiger partial charge in [-0.15, -0.1) is 0 Å². The average Bonchev–Trinajstić information content (AvgIpc) is 2.73. The highest BCUT2D eigenvalue weighted by Gasteiger charge is 2.23. The number of nitrogens with one attached hydrogen (secondary N) is 2. The molecule has 1 aromatic heterocycles. The Morgan fingerprint density at radius 2 is 1.66 bits per heavy atom. The van der Waals surface area contributed by atoms with Crippen LogP contribution in [0.25, 0.3) is 0 Å². The number of para-hydroxylation sites is 1. The predicted octanol–water partition coefficient (Wildman–Crippen LogP) is 2.43. The van der Waals surface area contributed by atoms with Crippen molar-refractivity contribution in [3.63, 3.8) is 0 Å². The van der Waals surface area contributed by atoms with Gasteiger partial charge in [-0.05, 0) is 48.5 Å². The molecule has 0 spiro atoms. The van der Waals surface area contributed by atoms with Gasteiger partial charge in [0.2, 0.25) is 15.9 Å². The second-order valence-corrected chi connectivity index (χ2v) is 10.2. The number of hydrogen-bond donors (Lipinski definition) is 2. The van der Waals surface area contributed by atoms with Gasteiger partial charge in [0.05, 0.1) is 28.7 Å². The molecular weight excluding hydrogens is 459 g/mol. The summed E-state index contributed by atoms with van der Waals surface area (Å²) in [7, 11) is -7.81. The largest absolute Gasteiger partial charge is 0.325 e. The van der Waals surface area contributed by atoms with Crippen LogP contribution in [0, 0.1) is 5.82 Å². The standard InChI is InChI=1S/C20H19FN4O5S2/c1-31(27,28)25(19-7-3-2-6-18(19)21)14-20(26)23-15-8-10-17(11-9-15)32(29,30)24-16-5-4-12-22-13-16/h2-13,24H,14H2,1H3,(H,23,26). The van der Waals surface area contributed by atoms with E-state index in [2.05, 4.69) is 15.0 Å². The minimum atomic E-state index is -3.94. The first kappa shape index (κ1) is 23.2. The zero-order valence-electron chi connectivity index (χ0n) is 16.8. The Hall–Kier alpha value is -3.51. The Balaban J connectivity index is 1.72. The van der Waals surface area contributed by atoms with Crippen molar-refractivity contribution >= 4 is 43.0 Å². The van der Waals surface area contributed by atoms with E-state index in [9.17, 15) is 26.0 Å². The number of amides is 1. The van der Waals surface area contributed by atoms with Crippen LogP contribution in [-0.4, -0.2) is 40.5 Å². The first-order valence-corrected chi connectivity index (χ1v) is 12.4. The van der Waals surface area contributed by atoms with Gasteiger partial charge in [-0.2, -0.15) is 0 Å². The van der Waals surface area contributed by atoms with E-state index in [0.29, 0.717) is 9.99 Å². The minimum Gasteiger partial charge on any atom is -0.325 e. The van der Waals surface area contributed by atoms with Gasteiger partial charge in [0.25, 0.3) is 10.0 Å². The molecule has 1 heterocycles. The van der Waals surface area contributed by atoms with Crippen molar-refractivity contribution in [2.75, 3.05) is 27.1 Å². The lowest BCUT2D eigenvalue weighted by atomic mass is 10.3. The number of sulfonamides is 2. The molecule has 0 unspecified atom stereocenters. The molecule has 0 aliphatic rings. The molecule has 0 saturated carbocycles. The first-order chi connectivity index (χ1) is 15.1. The van der Waals surface area contributed by atoms with Crippen LogP contribution in [0.4, 0.5) is 21.5 Å². The summed E-state index contributed by atoms with van der Waals surface area (Å²) in [4.78, 5) is 16.2. The molecule has 0 saturated heterocycles. The lowest BCUT2D eigenvalue weighted by molar-refractivity contribution is -0.114. The first-order valence-electron chi connectivity index (χ1n) is 9.11. The van der Waals surface area contributed by atoms with E-state index in [1.54, 1.807) is 12.1 Å². The van der Waals surface area contributed by atoms with Crippen molar-refractivity contribution in [1.82, 2.24) is 4.98 Å². The number of pyridine rings is 1. The van der Waals surface area contributed by atoms with Crippen molar-refractivity contribution in [1.29, 1.82) is 0 Å². The Kier molecular flexibility index (Phi) is 6.75. The summed E-state index contributed by atoms with van der Waals surface area (Å²) in [6.07, 6.45) is 3.73. The summed E-state index contributed by atoms with van der Waals surface area (Å²) >= 11 is 0. The van der Waals surface area contributed by atoms with E-state index in [1.165, 1.54) is 54.9 Å². The lowest BCUT2D eigenvalue weighted by Gasteiger charge is -2.22. The summed E-state index contributed by atoms with van der Waals surface area (Å²) in [5, 5.41) is 2.47. The third-order valence-electron chi connectivity index (χ3n) is 4.17. The van der Waals surface area contributed by atoms with Crippen LogP contribution < -0.4 is 14.3 Å². The van der Waals surface area contributed by atoms with Crippen LogP contribution in [0.5, 0.6) is 0 Å². The quantitative estimate of drug-likeness (QED) is 0.512. The fourth-order valence-electron chi connectivity index (χ4n) is 2.72. The molecule has 0 radical (unpaired) electrons. The van der Waals surface area contributed by atoms with E-state index in [1.807, 2.05) is 0 Å². The second kappa shape index (κ2) is 9.32. The molecule has 0 atom stereocenters. The van der Waals surface area contributed by atoms with Gasteiger partial charge in [-0.1, -0.05) is 12.1 Å². The molecule has 168 valence electrons. The van der Waals surface area contributed by atoms with Crippen molar-refractivity contribution < 1.29 is 26.0 Å². The van der Waals surface area contributed by atoms with Crippen LogP contribution in [0.15, 0.2) is 78.0 Å². The van der Waals surface area contributed by atoms with E-state index in [4.69, 9.17) is 0 Å². The average molecular weight is 479 g/mol. The highest BCUT2D eigenvalue weighted by Crippen LogP contribution is 2.22. The van der Waals surface area contributed by atoms with Gasteiger partial charge in [-0.3, -0.25) is 18.8 Å². The van der Waals surface area contributed by atoms with Gasteiger partial charge < -0.3 is 5.32 Å². The van der Waals surface area contributed by atoms with Gasteiger partial charge in [0.1, 0.15) is 12.4 Å². The zero-order valence-corrected chi connectivity index (χ0v) is 18.4. The molecule has 2 aromatic carbocycles. The summed E-state index contributed by atoms with van der Waals surface area (Å²) in [6.45, 7) is -0.664. The molecule has 0 aliphatic heterocycles. The van der Waals surface area contributed by atoms with Crippen LogP contribution in [0.2, 0.25) is 0 Å². The predicted molar refractivity (Wildman–Crippen MR) is 119 cm³/mol. The molecule has 3 aromatic rings. The fraction of sp³-hybridized carbons (Fsp3) is 0.100. The third-order valence-corrected chi connectivity index (χ3v) is 6.69. The van der Waals surface area contributed by atoms with Crippen molar-refractivity contribution in [2.24, 2.45) is 0 Å². The molecule has 9 nitrogen and oxygen atoms in total. The van der Waals surface area contributed by atoms with Crippen LogP contribution >= 0.6 is 0 Å². The monoisotopic (exact) mass is 478 g/mol. The molecule has 0 fully saturated rings. The Morgan fingerprint density at radius 1 is 0.969 bits per heavy atom. The Bertz CT molecular complexity index is 1320. The highest BCUT2D eigenvalue weighted by molar-refractivity contribution is 7.92. The van der Waals surface area contributed by atoms with Crippen LogP contribution in [0.1, 0.15) is 0 Å². The lowest BCUT2D eigenvalue weighted by Crippen LogP contribution is -2.38. The second-order valence-electron chi connectivity index (χ2n) is 6.64. The van der Waals surface area contributed by atoms with Crippen molar-refractivity contribution in [3.8, 4) is 0 Å². The Morgan fingerprint density at radius 3 is 2.25 bits per heavy atom. The number of aromatic nitrogens is 1. The maximum Gasteiger partial charge on any atom is 0.261 e. The maximum absolute atomic E-state index is 14.1. The molecule has 1 amide bonds. The van der Waals surface area contributed by atoms with E-state index in [0.717, 1.165) is 12.3 Å². The number of nitrogens with zero attached hydrogens (tertiary/aromatic N) is 2. The van der Waals surface area contributed by atoms with E-state index in [-0.39, 0.29) is 16.3 Å². The smallest absolute Gasteiger partial charge is 0.261 e. The number of halogens is 1. The summed E-state index contributed by atoms with van der Waals surface area (Å²) in [6, 6.07) is 13.6. The molecular formula is C20H19FN4O5S2. The van der Waals surface area contributed by atoms with Crippen LogP contribution in [-0.2, 0) is 24.8 Å². The zero-order chi connectivity index (χ0) is 23.4. The number of rotatable bonds is 8. The van der Waals surface area contributed by atoms with E-state index >= 15 is 0 Å². The van der Waals surface area contributed by atoms with Crippen molar-refractivity contribution in [2.45, 2.75) is 4.90 Å². The van der Waals surface area contributed by atoms with Gasteiger partial charge in [0.15, 0.2) is 0 Å². The topological polar surface area (TPSA) is 126 Å². The van der Waals surface area contributed by atoms with Crippen LogP contribution in [0.3, 0.4) is 0 Å². The molecule has 2 N–H and O–H groups in total. The number of carbonyl (C=O) groups excluding carboxylic acids is 1. The fourth-order valence-corrected chi connectivity index (χ4v) is 4.62. The summed E-state index contributed by atoms with van der Waals surface area (Å²) in [5.41, 5.74) is 0.268. The number of carbonyl (C=O) groups is 1. The molecule has 0 bridgehead atoms. The number of anilines is 3. The van der Waals surface area contributed by atoms with E-state index < -0.39 is 38.3 Å². The Labute approximate surface area is 185 Å². The number of benzene rings is 2. The molecule has 32 heavy (non-hydrogen) atoms. The molecule has 0 aliphatic carbocycles. The number of hydrogen-bond acceptors (Lipinski definition) is 6. The summed E-state index contributed by atoms with van der Waals surface area (Å²) in [5.74, 6) is -1.52. The van der Waals surface area contributed by atoms with Gasteiger partial charge in [0, 0.05) is 11.9 Å². The third kappa shape index (κ3) is 5.80. The SMILES string of the molecule is CS(=O)(=O)N(CC(=O)Nc1ccc(S(=O)(=O)Nc2cccnc2)cc1)c1ccccc1F. The molecule has 3 rings (SSSR count). The maximum atomic E-state index is 14.1. The minimum absolute atomic E-state index is 0.0523. The van der Waals surface area contributed by atoms with Gasteiger partial charge in [-0.25, -0.2) is 21.2 Å². The van der Waals surface area contributed by atoms with Gasteiger partial charge >= 0.3 is 0 Å². The summed E-state index contributed by atoms with van der Waals surface area (Å²) < 4.78 is 66.1. The molecule has 12 heteroatoms.